The fraction of sp³-hybridized carbons (Fsp3) is 0.625. The second-order valence-corrected chi connectivity index (χ2v) is 3.43. The highest BCUT2D eigenvalue weighted by Gasteiger charge is 2.21. The van der Waals surface area contributed by atoms with Gasteiger partial charge in [-0.2, -0.15) is 9.55 Å². The number of hydrogen-bond donors (Lipinski definition) is 1. The van der Waals surface area contributed by atoms with E-state index in [0.29, 0.717) is 12.5 Å². The molecule has 15 heavy (non-hydrogen) atoms. The van der Waals surface area contributed by atoms with Gasteiger partial charge in [-0.1, -0.05) is 0 Å². The molecule has 0 radical (unpaired) electrons. The summed E-state index contributed by atoms with van der Waals surface area (Å²) in [5.74, 6) is 0.515. The highest BCUT2D eigenvalue weighted by Crippen LogP contribution is 2.19. The molecule has 0 saturated carbocycles. The molecule has 0 fully saturated rings. The first-order valence-corrected chi connectivity index (χ1v) is 4.58. The third-order valence-corrected chi connectivity index (χ3v) is 2.44. The molecule has 2 N–H and O–H groups in total. The van der Waals surface area contributed by atoms with Crippen molar-refractivity contribution in [2.75, 3.05) is 18.5 Å². The van der Waals surface area contributed by atoms with E-state index in [0.717, 1.165) is 0 Å². The normalized spacial score (nSPS) is 12.5. The van der Waals surface area contributed by atoms with Crippen LogP contribution in [-0.4, -0.2) is 34.1 Å². The van der Waals surface area contributed by atoms with Crippen LogP contribution >= 0.6 is 0 Å². The lowest BCUT2D eigenvalue weighted by Crippen LogP contribution is -2.36. The monoisotopic (exact) mass is 213 g/mol. The number of nitrogens with two attached hydrogens (primary N) is 1. The van der Waals surface area contributed by atoms with Crippen molar-refractivity contribution in [2.45, 2.75) is 13.0 Å². The van der Waals surface area contributed by atoms with Gasteiger partial charge in [-0.05, 0) is 11.8 Å². The van der Waals surface area contributed by atoms with Crippen molar-refractivity contribution < 1.29 is 4.92 Å². The minimum Gasteiger partial charge on any atom is -0.358 e. The summed E-state index contributed by atoms with van der Waals surface area (Å²) in [6, 6.07) is 0.0886. The number of anilines is 1. The molecule has 1 atom stereocenters. The average Bonchev–Trinajstić information content (AvgIpc) is 2.57. The van der Waals surface area contributed by atoms with Gasteiger partial charge in [-0.3, -0.25) is 0 Å². The van der Waals surface area contributed by atoms with Gasteiger partial charge in [-0.15, -0.1) is 0 Å². The van der Waals surface area contributed by atoms with Crippen LogP contribution in [0.25, 0.3) is 0 Å². The maximum Gasteiger partial charge on any atom is 0.344 e. The first-order chi connectivity index (χ1) is 6.99. The van der Waals surface area contributed by atoms with Crippen LogP contribution in [0.2, 0.25) is 0 Å². The van der Waals surface area contributed by atoms with Gasteiger partial charge in [0, 0.05) is 19.6 Å². The number of nitro groups is 1. The van der Waals surface area contributed by atoms with Crippen LogP contribution in [-0.2, 0) is 7.05 Å². The number of hydrogen-bond acceptors (Lipinski definition) is 5. The molecule has 0 aromatic carbocycles. The van der Waals surface area contributed by atoms with Crippen LogP contribution in [0.5, 0.6) is 0 Å². The van der Waals surface area contributed by atoms with E-state index < -0.39 is 4.92 Å². The molecule has 0 aliphatic rings. The lowest BCUT2D eigenvalue weighted by Gasteiger charge is -2.21. The lowest BCUT2D eigenvalue weighted by atomic mass is 10.3. The summed E-state index contributed by atoms with van der Waals surface area (Å²) >= 11 is 0. The molecule has 1 aromatic rings. The molecule has 7 heteroatoms. The molecule has 0 bridgehead atoms. The van der Waals surface area contributed by atoms with Gasteiger partial charge in [-0.25, -0.2) is 0 Å². The topological polar surface area (TPSA) is 90.2 Å². The second kappa shape index (κ2) is 4.26. The SMILES string of the molecule is CC(CN)N(C)c1ncc([N+](=O)[O-])n1C. The van der Waals surface area contributed by atoms with Crippen LogP contribution in [0.1, 0.15) is 6.92 Å². The van der Waals surface area contributed by atoms with Crippen molar-refractivity contribution in [1.29, 1.82) is 0 Å². The molecule has 7 nitrogen and oxygen atoms in total. The van der Waals surface area contributed by atoms with E-state index >= 15 is 0 Å². The Kier molecular flexibility index (Phi) is 3.25. The van der Waals surface area contributed by atoms with E-state index in [4.69, 9.17) is 5.73 Å². The average molecular weight is 213 g/mol. The van der Waals surface area contributed by atoms with Crippen molar-refractivity contribution in [3.8, 4) is 0 Å². The summed E-state index contributed by atoms with van der Waals surface area (Å²) in [5.41, 5.74) is 5.51. The second-order valence-electron chi connectivity index (χ2n) is 3.43. The predicted molar refractivity (Wildman–Crippen MR) is 56.8 cm³/mol. The lowest BCUT2D eigenvalue weighted by molar-refractivity contribution is -0.391. The van der Waals surface area contributed by atoms with Crippen molar-refractivity contribution in [3.05, 3.63) is 16.3 Å². The first kappa shape index (κ1) is 11.4. The molecule has 1 heterocycles. The number of rotatable bonds is 4. The zero-order valence-electron chi connectivity index (χ0n) is 9.04. The summed E-state index contributed by atoms with van der Waals surface area (Å²) in [6.45, 7) is 2.40. The largest absolute Gasteiger partial charge is 0.358 e. The molecule has 0 saturated heterocycles. The van der Waals surface area contributed by atoms with E-state index in [2.05, 4.69) is 4.98 Å². The Morgan fingerprint density at radius 1 is 1.80 bits per heavy atom. The fourth-order valence-corrected chi connectivity index (χ4v) is 1.24. The van der Waals surface area contributed by atoms with E-state index in [-0.39, 0.29) is 11.9 Å². The van der Waals surface area contributed by atoms with E-state index in [1.165, 1.54) is 10.8 Å². The molecule has 1 unspecified atom stereocenters. The Balaban J connectivity index is 3.01. The Labute approximate surface area is 87.6 Å². The number of likely N-dealkylation sites (N-methyl/N-ethyl adjacent to an activating group) is 1. The Morgan fingerprint density at radius 2 is 2.40 bits per heavy atom. The summed E-state index contributed by atoms with van der Waals surface area (Å²) < 4.78 is 1.44. The maximum atomic E-state index is 10.6. The van der Waals surface area contributed by atoms with E-state index in [1.54, 1.807) is 7.05 Å². The van der Waals surface area contributed by atoms with Crippen LogP contribution in [0.4, 0.5) is 11.8 Å². The van der Waals surface area contributed by atoms with Crippen molar-refractivity contribution >= 4 is 11.8 Å². The highest BCUT2D eigenvalue weighted by molar-refractivity contribution is 5.38. The van der Waals surface area contributed by atoms with Crippen molar-refractivity contribution in [3.63, 3.8) is 0 Å². The van der Waals surface area contributed by atoms with Gasteiger partial charge in [0.25, 0.3) is 5.95 Å². The first-order valence-electron chi connectivity index (χ1n) is 4.58. The number of imidazole rings is 1. The Morgan fingerprint density at radius 3 is 2.80 bits per heavy atom. The molecule has 0 amide bonds. The zero-order chi connectivity index (χ0) is 11.6. The summed E-state index contributed by atoms with van der Waals surface area (Å²) in [7, 11) is 3.42. The third kappa shape index (κ3) is 2.07. The highest BCUT2D eigenvalue weighted by atomic mass is 16.6. The summed E-state index contributed by atoms with van der Waals surface area (Å²) in [6.07, 6.45) is 1.25. The third-order valence-electron chi connectivity index (χ3n) is 2.44. The van der Waals surface area contributed by atoms with Gasteiger partial charge in [0.15, 0.2) is 0 Å². The number of aromatic nitrogens is 2. The molecular formula is C8H15N5O2. The van der Waals surface area contributed by atoms with Gasteiger partial charge in [0.2, 0.25) is 0 Å². The van der Waals surface area contributed by atoms with Crippen LogP contribution < -0.4 is 10.6 Å². The summed E-state index contributed by atoms with van der Waals surface area (Å²) in [4.78, 5) is 15.9. The molecular weight excluding hydrogens is 198 g/mol. The zero-order valence-corrected chi connectivity index (χ0v) is 9.04. The molecule has 0 aliphatic heterocycles. The van der Waals surface area contributed by atoms with Crippen molar-refractivity contribution in [2.24, 2.45) is 12.8 Å². The Bertz CT molecular complexity index is 362. The predicted octanol–water partition coefficient (Wildman–Crippen LogP) is 0.112. The smallest absolute Gasteiger partial charge is 0.344 e. The minimum atomic E-state index is -0.461. The minimum absolute atomic E-state index is 0.0268. The quantitative estimate of drug-likeness (QED) is 0.566. The van der Waals surface area contributed by atoms with E-state index in [9.17, 15) is 10.1 Å². The summed E-state index contributed by atoms with van der Waals surface area (Å²) in [5, 5.41) is 10.6. The standard InChI is InChI=1S/C8H15N5O2/c1-6(4-9)11(2)8-10-5-7(12(8)3)13(14)15/h5-6H,4,9H2,1-3H3. The fourth-order valence-electron chi connectivity index (χ4n) is 1.24. The van der Waals surface area contributed by atoms with Crippen LogP contribution in [0.3, 0.4) is 0 Å². The van der Waals surface area contributed by atoms with E-state index in [1.807, 2.05) is 18.9 Å². The molecule has 0 aliphatic carbocycles. The molecule has 0 spiro atoms. The van der Waals surface area contributed by atoms with Gasteiger partial charge in [0.05, 0.1) is 7.05 Å². The Hall–Kier alpha value is -1.63. The molecule has 1 aromatic heterocycles. The van der Waals surface area contributed by atoms with Gasteiger partial charge < -0.3 is 20.7 Å². The van der Waals surface area contributed by atoms with Gasteiger partial charge >= 0.3 is 5.82 Å². The van der Waals surface area contributed by atoms with Crippen molar-refractivity contribution in [1.82, 2.24) is 9.55 Å². The maximum absolute atomic E-state index is 10.6. The molecule has 84 valence electrons. The number of nitrogens with zero attached hydrogens (tertiary/aromatic N) is 4. The van der Waals surface area contributed by atoms with Gasteiger partial charge in [0.1, 0.15) is 6.20 Å². The van der Waals surface area contributed by atoms with Crippen LogP contribution in [0.15, 0.2) is 6.20 Å². The van der Waals surface area contributed by atoms with Crippen LogP contribution in [0, 0.1) is 10.1 Å². The molecule has 1 rings (SSSR count).